The minimum Gasteiger partial charge on any atom is -0.396 e. The normalized spacial score (nSPS) is 14.0. The summed E-state index contributed by atoms with van der Waals surface area (Å²) in [4.78, 5) is 0. The lowest BCUT2D eigenvalue weighted by Gasteiger charge is -2.32. The molecule has 1 aliphatic rings. The van der Waals surface area contributed by atoms with E-state index in [2.05, 4.69) is 97.1 Å². The van der Waals surface area contributed by atoms with Crippen LogP contribution in [0.5, 0.6) is 0 Å². The number of fused-ring (bicyclic) bond motifs is 3. The Morgan fingerprint density at radius 1 is 0.541 bits per heavy atom. The lowest BCUT2D eigenvalue weighted by molar-refractivity contribution is 0.212. The predicted octanol–water partition coefficient (Wildman–Crippen LogP) is 7.61. The van der Waals surface area contributed by atoms with Gasteiger partial charge in [0.25, 0.3) is 0 Å². The van der Waals surface area contributed by atoms with Gasteiger partial charge in [-0.2, -0.15) is 0 Å². The molecule has 4 aromatic carbocycles. The average molecular weight is 485 g/mol. The van der Waals surface area contributed by atoms with E-state index >= 15 is 0 Å². The van der Waals surface area contributed by atoms with Gasteiger partial charge in [0, 0.05) is 18.6 Å². The SMILES string of the molecule is OCCC1(CCO)c2cc(/C=C/c3ccccc3)ccc2-c2cccc(/C=C/C=C/c3ccccc3)c21. The van der Waals surface area contributed by atoms with E-state index in [1.165, 1.54) is 22.3 Å². The molecule has 0 aromatic heterocycles. The van der Waals surface area contributed by atoms with Crippen molar-refractivity contribution in [2.45, 2.75) is 18.3 Å². The molecule has 0 atom stereocenters. The number of benzene rings is 4. The quantitative estimate of drug-likeness (QED) is 0.190. The first kappa shape index (κ1) is 24.7. The van der Waals surface area contributed by atoms with Crippen LogP contribution in [0.25, 0.3) is 35.4 Å². The number of aliphatic hydroxyl groups is 2. The van der Waals surface area contributed by atoms with Crippen LogP contribution in [-0.2, 0) is 5.41 Å². The first-order valence-corrected chi connectivity index (χ1v) is 12.9. The fourth-order valence-corrected chi connectivity index (χ4v) is 5.57. The van der Waals surface area contributed by atoms with Crippen LogP contribution in [-0.4, -0.2) is 23.4 Å². The molecule has 0 spiro atoms. The van der Waals surface area contributed by atoms with Crippen LogP contribution in [0.1, 0.15) is 46.2 Å². The van der Waals surface area contributed by atoms with Crippen molar-refractivity contribution in [2.24, 2.45) is 0 Å². The Labute approximate surface area is 219 Å². The Kier molecular flexibility index (Phi) is 7.60. The van der Waals surface area contributed by atoms with Crippen molar-refractivity contribution in [2.75, 3.05) is 13.2 Å². The Bertz CT molecular complexity index is 1420. The molecule has 4 aromatic rings. The second-order valence-electron chi connectivity index (χ2n) is 9.48. The molecule has 2 nitrogen and oxygen atoms in total. The highest BCUT2D eigenvalue weighted by molar-refractivity contribution is 5.86. The summed E-state index contributed by atoms with van der Waals surface area (Å²) < 4.78 is 0. The number of aliphatic hydroxyl groups excluding tert-OH is 2. The fourth-order valence-electron chi connectivity index (χ4n) is 5.57. The van der Waals surface area contributed by atoms with Crippen LogP contribution in [0.2, 0.25) is 0 Å². The molecule has 0 heterocycles. The van der Waals surface area contributed by atoms with E-state index in [0.29, 0.717) is 12.8 Å². The van der Waals surface area contributed by atoms with Gasteiger partial charge in [-0.25, -0.2) is 0 Å². The van der Waals surface area contributed by atoms with Crippen molar-refractivity contribution in [1.29, 1.82) is 0 Å². The molecule has 2 N–H and O–H groups in total. The lowest BCUT2D eigenvalue weighted by Crippen LogP contribution is -2.29. The van der Waals surface area contributed by atoms with Crippen molar-refractivity contribution >= 4 is 24.3 Å². The van der Waals surface area contributed by atoms with Gasteiger partial charge in [-0.3, -0.25) is 0 Å². The Morgan fingerprint density at radius 3 is 1.84 bits per heavy atom. The van der Waals surface area contributed by atoms with Gasteiger partial charge in [-0.1, -0.05) is 134 Å². The fraction of sp³-hybridized carbons (Fsp3) is 0.143. The van der Waals surface area contributed by atoms with Crippen molar-refractivity contribution in [3.63, 3.8) is 0 Å². The summed E-state index contributed by atoms with van der Waals surface area (Å²) in [5.41, 5.74) is 8.84. The van der Waals surface area contributed by atoms with Gasteiger partial charge in [-0.05, 0) is 57.3 Å². The zero-order chi connectivity index (χ0) is 25.5. The molecular weight excluding hydrogens is 452 g/mol. The van der Waals surface area contributed by atoms with Crippen molar-refractivity contribution < 1.29 is 10.2 Å². The zero-order valence-corrected chi connectivity index (χ0v) is 20.9. The van der Waals surface area contributed by atoms with E-state index in [4.69, 9.17) is 0 Å². The highest BCUT2D eigenvalue weighted by atomic mass is 16.3. The number of hydrogen-bond acceptors (Lipinski definition) is 2. The molecule has 37 heavy (non-hydrogen) atoms. The second kappa shape index (κ2) is 11.4. The van der Waals surface area contributed by atoms with Crippen LogP contribution >= 0.6 is 0 Å². The van der Waals surface area contributed by atoms with Crippen LogP contribution in [0, 0.1) is 0 Å². The van der Waals surface area contributed by atoms with E-state index in [9.17, 15) is 10.2 Å². The van der Waals surface area contributed by atoms with E-state index in [1.807, 2.05) is 36.4 Å². The number of hydrogen-bond donors (Lipinski definition) is 2. The molecule has 0 fully saturated rings. The third-order valence-corrected chi connectivity index (χ3v) is 7.24. The topological polar surface area (TPSA) is 40.5 Å². The van der Waals surface area contributed by atoms with Gasteiger partial charge in [0.05, 0.1) is 0 Å². The number of allylic oxidation sites excluding steroid dienone is 2. The van der Waals surface area contributed by atoms with Gasteiger partial charge >= 0.3 is 0 Å². The average Bonchev–Trinajstić information content (AvgIpc) is 3.21. The van der Waals surface area contributed by atoms with Gasteiger partial charge in [0.15, 0.2) is 0 Å². The summed E-state index contributed by atoms with van der Waals surface area (Å²) in [6.45, 7) is 0.101. The first-order valence-electron chi connectivity index (χ1n) is 12.9. The highest BCUT2D eigenvalue weighted by Gasteiger charge is 2.43. The highest BCUT2D eigenvalue weighted by Crippen LogP contribution is 2.54. The third-order valence-electron chi connectivity index (χ3n) is 7.24. The van der Waals surface area contributed by atoms with E-state index in [0.717, 1.165) is 22.3 Å². The third kappa shape index (κ3) is 5.13. The van der Waals surface area contributed by atoms with Crippen molar-refractivity contribution in [3.8, 4) is 11.1 Å². The molecule has 1 aliphatic carbocycles. The molecule has 184 valence electrons. The van der Waals surface area contributed by atoms with Crippen LogP contribution < -0.4 is 0 Å². The van der Waals surface area contributed by atoms with Crippen LogP contribution in [0.3, 0.4) is 0 Å². The second-order valence-corrected chi connectivity index (χ2v) is 9.48. The molecular formula is C35H32O2. The minimum atomic E-state index is -0.450. The van der Waals surface area contributed by atoms with Crippen LogP contribution in [0.15, 0.2) is 109 Å². The molecule has 0 saturated heterocycles. The molecule has 2 heteroatoms. The smallest absolute Gasteiger partial charge is 0.0442 e. The van der Waals surface area contributed by atoms with Crippen molar-refractivity contribution in [3.05, 3.63) is 143 Å². The zero-order valence-electron chi connectivity index (χ0n) is 20.9. The van der Waals surface area contributed by atoms with Gasteiger partial charge in [0.2, 0.25) is 0 Å². The summed E-state index contributed by atoms with van der Waals surface area (Å²) >= 11 is 0. The summed E-state index contributed by atoms with van der Waals surface area (Å²) in [5, 5.41) is 20.4. The lowest BCUT2D eigenvalue weighted by atomic mass is 9.71. The number of rotatable bonds is 9. The largest absolute Gasteiger partial charge is 0.396 e. The molecule has 0 radical (unpaired) electrons. The maximum absolute atomic E-state index is 10.2. The summed E-state index contributed by atoms with van der Waals surface area (Å²) in [5.74, 6) is 0. The van der Waals surface area contributed by atoms with E-state index in [-0.39, 0.29) is 13.2 Å². The Hall–Kier alpha value is -3.98. The summed E-state index contributed by atoms with van der Waals surface area (Å²) in [7, 11) is 0. The monoisotopic (exact) mass is 484 g/mol. The molecule has 0 saturated carbocycles. The van der Waals surface area contributed by atoms with Gasteiger partial charge < -0.3 is 10.2 Å². The molecule has 0 amide bonds. The maximum atomic E-state index is 10.2. The predicted molar refractivity (Wildman–Crippen MR) is 156 cm³/mol. The summed E-state index contributed by atoms with van der Waals surface area (Å²) in [6.07, 6.45) is 13.7. The van der Waals surface area contributed by atoms with E-state index < -0.39 is 5.41 Å². The van der Waals surface area contributed by atoms with E-state index in [1.54, 1.807) is 0 Å². The van der Waals surface area contributed by atoms with Gasteiger partial charge in [-0.15, -0.1) is 0 Å². The Balaban J connectivity index is 1.56. The minimum absolute atomic E-state index is 0.0505. The maximum Gasteiger partial charge on any atom is 0.0442 e. The van der Waals surface area contributed by atoms with Crippen LogP contribution in [0.4, 0.5) is 0 Å². The molecule has 0 unspecified atom stereocenters. The Morgan fingerprint density at radius 2 is 1.16 bits per heavy atom. The molecule has 0 aliphatic heterocycles. The molecule has 0 bridgehead atoms. The first-order chi connectivity index (χ1) is 18.2. The van der Waals surface area contributed by atoms with Crippen molar-refractivity contribution in [1.82, 2.24) is 0 Å². The standard InChI is InChI=1S/C35H32O2/c36-24-22-35(23-25-37)33-26-29(19-18-28-12-5-2-6-13-28)20-21-31(33)32-17-9-16-30(34(32)35)15-8-7-14-27-10-3-1-4-11-27/h1-21,26,36-37H,22-25H2/b14-7+,15-8+,19-18+. The van der Waals surface area contributed by atoms with Gasteiger partial charge in [0.1, 0.15) is 0 Å². The summed E-state index contributed by atoms with van der Waals surface area (Å²) in [6, 6.07) is 33.5. The molecule has 5 rings (SSSR count).